The monoisotopic (exact) mass is 215 g/mol. The van der Waals surface area contributed by atoms with Crippen LogP contribution in [0, 0.1) is 5.92 Å². The number of fused-ring (bicyclic) bond motifs is 1. The van der Waals surface area contributed by atoms with Crippen molar-refractivity contribution in [2.24, 2.45) is 5.92 Å². The standard InChI is InChI=1S/C14H17NO/c1-10(2)14(16)9-11-7-8-15-13-6-4-3-5-12(11)13/h3-8,10,14,16H,9H2,1-2H3. The largest absolute Gasteiger partial charge is 0.393 e. The number of hydrogen-bond donors (Lipinski definition) is 1. The van der Waals surface area contributed by atoms with Crippen LogP contribution in [0.1, 0.15) is 19.4 Å². The Morgan fingerprint density at radius 2 is 1.94 bits per heavy atom. The van der Waals surface area contributed by atoms with Crippen molar-refractivity contribution in [3.63, 3.8) is 0 Å². The molecule has 2 nitrogen and oxygen atoms in total. The average Bonchev–Trinajstić information content (AvgIpc) is 2.29. The van der Waals surface area contributed by atoms with Crippen LogP contribution in [-0.4, -0.2) is 16.2 Å². The van der Waals surface area contributed by atoms with E-state index in [1.807, 2.05) is 44.3 Å². The Labute approximate surface area is 96.0 Å². The summed E-state index contributed by atoms with van der Waals surface area (Å²) in [5.74, 6) is 0.284. The van der Waals surface area contributed by atoms with Gasteiger partial charge in [-0.1, -0.05) is 32.0 Å². The molecule has 0 aliphatic carbocycles. The molecule has 0 saturated carbocycles. The number of aromatic nitrogens is 1. The molecule has 1 unspecified atom stereocenters. The van der Waals surface area contributed by atoms with Gasteiger partial charge in [0.1, 0.15) is 0 Å². The summed E-state index contributed by atoms with van der Waals surface area (Å²) in [5, 5.41) is 11.1. The lowest BCUT2D eigenvalue weighted by atomic mass is 9.97. The van der Waals surface area contributed by atoms with Crippen molar-refractivity contribution in [1.29, 1.82) is 0 Å². The molecule has 0 aliphatic rings. The van der Waals surface area contributed by atoms with Gasteiger partial charge in [-0.3, -0.25) is 4.98 Å². The van der Waals surface area contributed by atoms with Gasteiger partial charge < -0.3 is 5.11 Å². The van der Waals surface area contributed by atoms with E-state index in [4.69, 9.17) is 0 Å². The third kappa shape index (κ3) is 2.22. The third-order valence-electron chi connectivity index (χ3n) is 2.94. The smallest absolute Gasteiger partial charge is 0.0704 e. The lowest BCUT2D eigenvalue weighted by Gasteiger charge is -2.15. The molecule has 2 rings (SSSR count). The van der Waals surface area contributed by atoms with Crippen LogP contribution in [0.4, 0.5) is 0 Å². The molecular weight excluding hydrogens is 198 g/mol. The number of benzene rings is 1. The number of hydrogen-bond acceptors (Lipinski definition) is 2. The summed E-state index contributed by atoms with van der Waals surface area (Å²) < 4.78 is 0. The second-order valence-electron chi connectivity index (χ2n) is 4.50. The fourth-order valence-corrected chi connectivity index (χ4v) is 1.79. The molecule has 0 radical (unpaired) electrons. The van der Waals surface area contributed by atoms with Crippen LogP contribution in [0.2, 0.25) is 0 Å². The zero-order valence-corrected chi connectivity index (χ0v) is 9.72. The number of nitrogens with zero attached hydrogens (tertiary/aromatic N) is 1. The van der Waals surface area contributed by atoms with Crippen molar-refractivity contribution >= 4 is 10.9 Å². The van der Waals surface area contributed by atoms with Crippen molar-refractivity contribution in [1.82, 2.24) is 4.98 Å². The fourth-order valence-electron chi connectivity index (χ4n) is 1.79. The van der Waals surface area contributed by atoms with Crippen LogP contribution in [0.5, 0.6) is 0 Å². The molecule has 0 spiro atoms. The zero-order chi connectivity index (χ0) is 11.5. The van der Waals surface area contributed by atoms with Gasteiger partial charge in [0.15, 0.2) is 0 Å². The van der Waals surface area contributed by atoms with Gasteiger partial charge in [0.05, 0.1) is 11.6 Å². The molecule has 0 saturated heterocycles. The van der Waals surface area contributed by atoms with E-state index in [2.05, 4.69) is 11.1 Å². The van der Waals surface area contributed by atoms with Gasteiger partial charge in [0, 0.05) is 11.6 Å². The molecule has 84 valence electrons. The minimum atomic E-state index is -0.286. The Balaban J connectivity index is 2.37. The van der Waals surface area contributed by atoms with Crippen LogP contribution < -0.4 is 0 Å². The predicted octanol–water partition coefficient (Wildman–Crippen LogP) is 2.79. The molecule has 0 aliphatic heterocycles. The number of rotatable bonds is 3. The predicted molar refractivity (Wildman–Crippen MR) is 66.3 cm³/mol. The first-order valence-corrected chi connectivity index (χ1v) is 5.69. The first-order chi connectivity index (χ1) is 7.68. The average molecular weight is 215 g/mol. The maximum Gasteiger partial charge on any atom is 0.0704 e. The molecule has 1 heterocycles. The molecule has 1 N–H and O–H groups in total. The van der Waals surface area contributed by atoms with Gasteiger partial charge in [-0.15, -0.1) is 0 Å². The minimum absolute atomic E-state index is 0.284. The van der Waals surface area contributed by atoms with E-state index >= 15 is 0 Å². The van der Waals surface area contributed by atoms with Gasteiger partial charge >= 0.3 is 0 Å². The highest BCUT2D eigenvalue weighted by Gasteiger charge is 2.11. The van der Waals surface area contributed by atoms with Gasteiger partial charge in [-0.05, 0) is 30.0 Å². The Hall–Kier alpha value is -1.41. The van der Waals surface area contributed by atoms with E-state index in [0.717, 1.165) is 10.9 Å². The SMILES string of the molecule is CC(C)C(O)Cc1ccnc2ccccc12. The number of para-hydroxylation sites is 1. The molecule has 16 heavy (non-hydrogen) atoms. The van der Waals surface area contributed by atoms with Crippen molar-refractivity contribution in [2.75, 3.05) is 0 Å². The maximum atomic E-state index is 9.92. The summed E-state index contributed by atoms with van der Waals surface area (Å²) in [5.41, 5.74) is 2.17. The zero-order valence-electron chi connectivity index (χ0n) is 9.72. The Morgan fingerprint density at radius 1 is 1.19 bits per heavy atom. The maximum absolute atomic E-state index is 9.92. The van der Waals surface area contributed by atoms with Crippen molar-refractivity contribution < 1.29 is 5.11 Å². The van der Waals surface area contributed by atoms with Crippen molar-refractivity contribution in [3.05, 3.63) is 42.1 Å². The lowest BCUT2D eigenvalue weighted by molar-refractivity contribution is 0.126. The van der Waals surface area contributed by atoms with Crippen LogP contribution >= 0.6 is 0 Å². The van der Waals surface area contributed by atoms with Crippen LogP contribution in [0.25, 0.3) is 10.9 Å². The minimum Gasteiger partial charge on any atom is -0.393 e. The van der Waals surface area contributed by atoms with Crippen molar-refractivity contribution in [2.45, 2.75) is 26.4 Å². The molecule has 0 amide bonds. The van der Waals surface area contributed by atoms with E-state index in [9.17, 15) is 5.11 Å². The number of pyridine rings is 1. The first kappa shape index (κ1) is 11.1. The van der Waals surface area contributed by atoms with E-state index in [1.54, 1.807) is 0 Å². The van der Waals surface area contributed by atoms with Gasteiger partial charge in [-0.25, -0.2) is 0 Å². The molecule has 0 fully saturated rings. The molecular formula is C14H17NO. The Morgan fingerprint density at radius 3 is 2.69 bits per heavy atom. The molecule has 1 aromatic heterocycles. The normalized spacial score (nSPS) is 13.2. The second-order valence-corrected chi connectivity index (χ2v) is 4.50. The molecule has 0 bridgehead atoms. The third-order valence-corrected chi connectivity index (χ3v) is 2.94. The van der Waals surface area contributed by atoms with Crippen LogP contribution in [-0.2, 0) is 6.42 Å². The highest BCUT2D eigenvalue weighted by atomic mass is 16.3. The van der Waals surface area contributed by atoms with Crippen molar-refractivity contribution in [3.8, 4) is 0 Å². The number of aliphatic hydroxyl groups excluding tert-OH is 1. The lowest BCUT2D eigenvalue weighted by Crippen LogP contribution is -2.17. The summed E-state index contributed by atoms with van der Waals surface area (Å²) in [6, 6.07) is 10.0. The first-order valence-electron chi connectivity index (χ1n) is 5.69. The van der Waals surface area contributed by atoms with Gasteiger partial charge in [0.2, 0.25) is 0 Å². The molecule has 1 aromatic carbocycles. The second kappa shape index (κ2) is 4.62. The van der Waals surface area contributed by atoms with Gasteiger partial charge in [0.25, 0.3) is 0 Å². The molecule has 1 atom stereocenters. The van der Waals surface area contributed by atoms with E-state index in [1.165, 1.54) is 5.56 Å². The van der Waals surface area contributed by atoms with E-state index < -0.39 is 0 Å². The summed E-state index contributed by atoms with van der Waals surface area (Å²) in [4.78, 5) is 4.31. The number of aliphatic hydroxyl groups is 1. The highest BCUT2D eigenvalue weighted by Crippen LogP contribution is 2.19. The molecule has 2 heteroatoms. The quantitative estimate of drug-likeness (QED) is 0.854. The van der Waals surface area contributed by atoms with E-state index in [-0.39, 0.29) is 12.0 Å². The summed E-state index contributed by atoms with van der Waals surface area (Å²) >= 11 is 0. The summed E-state index contributed by atoms with van der Waals surface area (Å²) in [7, 11) is 0. The topological polar surface area (TPSA) is 33.1 Å². The Kier molecular flexibility index (Phi) is 3.20. The summed E-state index contributed by atoms with van der Waals surface area (Å²) in [6.07, 6.45) is 2.22. The molecule has 2 aromatic rings. The van der Waals surface area contributed by atoms with E-state index in [0.29, 0.717) is 6.42 Å². The van der Waals surface area contributed by atoms with Crippen LogP contribution in [0.3, 0.4) is 0 Å². The highest BCUT2D eigenvalue weighted by molar-refractivity contribution is 5.81. The van der Waals surface area contributed by atoms with Crippen LogP contribution in [0.15, 0.2) is 36.5 Å². The van der Waals surface area contributed by atoms with Gasteiger partial charge in [-0.2, -0.15) is 0 Å². The fraction of sp³-hybridized carbons (Fsp3) is 0.357. The Bertz CT molecular complexity index is 474. The summed E-state index contributed by atoms with van der Waals surface area (Å²) in [6.45, 7) is 4.07.